The second-order valence-electron chi connectivity index (χ2n) is 7.54. The SMILES string of the molecule is CN(C)c1nccc(N2CCC(N3CC(CS(C)(=O)=O)CC3=O)CC2)n1. The predicted octanol–water partition coefficient (Wildman–Crippen LogP) is 0.405. The van der Waals surface area contributed by atoms with Crippen LogP contribution in [0.15, 0.2) is 12.3 Å². The van der Waals surface area contributed by atoms with Crippen molar-refractivity contribution >= 4 is 27.5 Å². The summed E-state index contributed by atoms with van der Waals surface area (Å²) in [7, 11) is 0.782. The van der Waals surface area contributed by atoms with Crippen molar-refractivity contribution in [2.45, 2.75) is 25.3 Å². The van der Waals surface area contributed by atoms with E-state index < -0.39 is 9.84 Å². The first-order chi connectivity index (χ1) is 12.2. The molecule has 9 heteroatoms. The van der Waals surface area contributed by atoms with Gasteiger partial charge in [-0.25, -0.2) is 13.4 Å². The van der Waals surface area contributed by atoms with Gasteiger partial charge in [-0.1, -0.05) is 0 Å². The molecule has 8 nitrogen and oxygen atoms in total. The van der Waals surface area contributed by atoms with Crippen molar-refractivity contribution in [2.24, 2.45) is 5.92 Å². The van der Waals surface area contributed by atoms with Crippen LogP contribution in [0.4, 0.5) is 11.8 Å². The van der Waals surface area contributed by atoms with Gasteiger partial charge in [0.25, 0.3) is 0 Å². The van der Waals surface area contributed by atoms with E-state index in [9.17, 15) is 13.2 Å². The van der Waals surface area contributed by atoms with Crippen LogP contribution >= 0.6 is 0 Å². The molecule has 3 rings (SSSR count). The molecule has 0 saturated carbocycles. The Kier molecular flexibility index (Phi) is 5.36. The summed E-state index contributed by atoms with van der Waals surface area (Å²) in [6, 6.07) is 2.11. The standard InChI is InChI=1S/C17H27N5O3S/c1-20(2)17-18-7-4-15(19-17)21-8-5-14(6-9-21)22-11-13(10-16(22)23)12-26(3,24)25/h4,7,13-14H,5-6,8-12H2,1-3H3. The molecule has 1 aromatic rings. The molecule has 1 atom stereocenters. The molecule has 0 spiro atoms. The van der Waals surface area contributed by atoms with Crippen LogP contribution in [-0.2, 0) is 14.6 Å². The molecule has 0 bridgehead atoms. The van der Waals surface area contributed by atoms with E-state index in [-0.39, 0.29) is 23.6 Å². The number of hydrogen-bond donors (Lipinski definition) is 0. The molecule has 0 radical (unpaired) electrons. The molecule has 2 aliphatic rings. The second-order valence-corrected chi connectivity index (χ2v) is 9.72. The summed E-state index contributed by atoms with van der Waals surface area (Å²) in [5.41, 5.74) is 0. The minimum absolute atomic E-state index is 0.0694. The van der Waals surface area contributed by atoms with Gasteiger partial charge in [0.1, 0.15) is 15.7 Å². The fraction of sp³-hybridized carbons (Fsp3) is 0.706. The molecule has 2 aliphatic heterocycles. The topological polar surface area (TPSA) is 86.7 Å². The van der Waals surface area contributed by atoms with Crippen LogP contribution in [0, 0.1) is 5.92 Å². The number of likely N-dealkylation sites (tertiary alicyclic amines) is 1. The van der Waals surface area contributed by atoms with Crippen LogP contribution in [0.1, 0.15) is 19.3 Å². The number of rotatable bonds is 5. The number of nitrogens with zero attached hydrogens (tertiary/aromatic N) is 5. The summed E-state index contributed by atoms with van der Waals surface area (Å²) in [4.78, 5) is 27.2. The lowest BCUT2D eigenvalue weighted by atomic mass is 10.0. The highest BCUT2D eigenvalue weighted by Crippen LogP contribution is 2.28. The Morgan fingerprint density at radius 3 is 2.58 bits per heavy atom. The number of anilines is 2. The normalized spacial score (nSPS) is 22.1. The van der Waals surface area contributed by atoms with Crippen LogP contribution in [0.3, 0.4) is 0 Å². The van der Waals surface area contributed by atoms with Crippen molar-refractivity contribution in [3.63, 3.8) is 0 Å². The Morgan fingerprint density at radius 1 is 1.27 bits per heavy atom. The lowest BCUT2D eigenvalue weighted by Gasteiger charge is -2.37. The van der Waals surface area contributed by atoms with Gasteiger partial charge in [0, 0.05) is 58.6 Å². The van der Waals surface area contributed by atoms with Crippen molar-refractivity contribution in [3.05, 3.63) is 12.3 Å². The first kappa shape index (κ1) is 18.9. The summed E-state index contributed by atoms with van der Waals surface area (Å²) in [5, 5.41) is 0. The smallest absolute Gasteiger partial charge is 0.226 e. The number of sulfone groups is 1. The summed E-state index contributed by atoms with van der Waals surface area (Å²) in [5.74, 6) is 1.71. The first-order valence-corrected chi connectivity index (χ1v) is 11.0. The van der Waals surface area contributed by atoms with Crippen molar-refractivity contribution in [1.29, 1.82) is 0 Å². The van der Waals surface area contributed by atoms with E-state index in [1.807, 2.05) is 30.0 Å². The number of carbonyl (C=O) groups is 1. The number of piperidine rings is 1. The summed E-state index contributed by atoms with van der Waals surface area (Å²) < 4.78 is 23.0. The lowest BCUT2D eigenvalue weighted by molar-refractivity contribution is -0.130. The Hall–Kier alpha value is -1.90. The third-order valence-electron chi connectivity index (χ3n) is 5.03. The van der Waals surface area contributed by atoms with Crippen molar-refractivity contribution in [3.8, 4) is 0 Å². The predicted molar refractivity (Wildman–Crippen MR) is 101 cm³/mol. The molecule has 1 unspecified atom stereocenters. The average molecular weight is 382 g/mol. The van der Waals surface area contributed by atoms with Crippen LogP contribution in [0.2, 0.25) is 0 Å². The van der Waals surface area contributed by atoms with Gasteiger partial charge >= 0.3 is 0 Å². The fourth-order valence-electron chi connectivity index (χ4n) is 3.84. The fourth-order valence-corrected chi connectivity index (χ4v) is 4.92. The molecule has 1 amide bonds. The zero-order chi connectivity index (χ0) is 18.9. The highest BCUT2D eigenvalue weighted by atomic mass is 32.2. The van der Waals surface area contributed by atoms with Crippen LogP contribution in [0.5, 0.6) is 0 Å². The largest absolute Gasteiger partial charge is 0.356 e. The van der Waals surface area contributed by atoms with Gasteiger partial charge in [0.15, 0.2) is 0 Å². The summed E-state index contributed by atoms with van der Waals surface area (Å²) in [6.07, 6.45) is 5.11. The van der Waals surface area contributed by atoms with Gasteiger partial charge in [0.05, 0.1) is 5.75 Å². The van der Waals surface area contributed by atoms with E-state index in [1.165, 1.54) is 6.26 Å². The van der Waals surface area contributed by atoms with Crippen LogP contribution in [0.25, 0.3) is 0 Å². The van der Waals surface area contributed by atoms with Gasteiger partial charge in [0.2, 0.25) is 11.9 Å². The van der Waals surface area contributed by atoms with Gasteiger partial charge in [-0.2, -0.15) is 4.98 Å². The maximum atomic E-state index is 12.3. The monoisotopic (exact) mass is 381 g/mol. The number of hydrogen-bond acceptors (Lipinski definition) is 7. The van der Waals surface area contributed by atoms with Gasteiger partial charge in [-0.05, 0) is 24.8 Å². The Labute approximate surface area is 155 Å². The minimum Gasteiger partial charge on any atom is -0.356 e. The molecule has 26 heavy (non-hydrogen) atoms. The molecule has 0 aromatic carbocycles. The number of aromatic nitrogens is 2. The Bertz CT molecular complexity index is 759. The van der Waals surface area contributed by atoms with E-state index in [0.717, 1.165) is 31.7 Å². The highest BCUT2D eigenvalue weighted by molar-refractivity contribution is 7.90. The lowest BCUT2D eigenvalue weighted by Crippen LogP contribution is -2.46. The molecule has 3 heterocycles. The van der Waals surface area contributed by atoms with E-state index in [1.54, 1.807) is 6.20 Å². The number of carbonyl (C=O) groups excluding carboxylic acids is 1. The maximum Gasteiger partial charge on any atom is 0.226 e. The number of amides is 1. The van der Waals surface area contributed by atoms with Crippen LogP contribution < -0.4 is 9.80 Å². The van der Waals surface area contributed by atoms with Gasteiger partial charge in [-0.15, -0.1) is 0 Å². The van der Waals surface area contributed by atoms with Gasteiger partial charge in [-0.3, -0.25) is 4.79 Å². The Balaban J connectivity index is 1.59. The quantitative estimate of drug-likeness (QED) is 0.730. The molecule has 2 fully saturated rings. The third-order valence-corrected chi connectivity index (χ3v) is 6.11. The van der Waals surface area contributed by atoms with Crippen molar-refractivity contribution in [2.75, 3.05) is 55.5 Å². The third kappa shape index (κ3) is 4.44. The zero-order valence-electron chi connectivity index (χ0n) is 15.6. The molecular formula is C17H27N5O3S. The zero-order valence-corrected chi connectivity index (χ0v) is 16.4. The van der Waals surface area contributed by atoms with Crippen LogP contribution in [-0.4, -0.2) is 81.0 Å². The minimum atomic E-state index is -3.05. The average Bonchev–Trinajstić information content (AvgIpc) is 2.93. The van der Waals surface area contributed by atoms with E-state index >= 15 is 0 Å². The summed E-state index contributed by atoms with van der Waals surface area (Å²) in [6.45, 7) is 2.22. The molecule has 0 N–H and O–H groups in total. The van der Waals surface area contributed by atoms with E-state index in [0.29, 0.717) is 18.9 Å². The van der Waals surface area contributed by atoms with Crippen molar-refractivity contribution < 1.29 is 13.2 Å². The molecule has 1 aromatic heterocycles. The molecule has 0 aliphatic carbocycles. The first-order valence-electron chi connectivity index (χ1n) is 8.95. The second kappa shape index (κ2) is 7.38. The van der Waals surface area contributed by atoms with E-state index in [4.69, 9.17) is 0 Å². The molecule has 2 saturated heterocycles. The molecular weight excluding hydrogens is 354 g/mol. The van der Waals surface area contributed by atoms with Crippen molar-refractivity contribution in [1.82, 2.24) is 14.9 Å². The highest BCUT2D eigenvalue weighted by Gasteiger charge is 2.37. The Morgan fingerprint density at radius 2 is 1.96 bits per heavy atom. The summed E-state index contributed by atoms with van der Waals surface area (Å²) >= 11 is 0. The van der Waals surface area contributed by atoms with Gasteiger partial charge < -0.3 is 14.7 Å². The van der Waals surface area contributed by atoms with E-state index in [2.05, 4.69) is 14.9 Å². The maximum absolute atomic E-state index is 12.3. The molecule has 144 valence electrons.